The lowest BCUT2D eigenvalue weighted by Crippen LogP contribution is -2.28. The molecule has 1 rings (SSSR count). The summed E-state index contributed by atoms with van der Waals surface area (Å²) in [6, 6.07) is 4.94. The van der Waals surface area contributed by atoms with Gasteiger partial charge < -0.3 is 5.11 Å². The Hall–Kier alpha value is -0.910. The molecule has 5 heteroatoms. The van der Waals surface area contributed by atoms with Crippen molar-refractivity contribution in [3.8, 4) is 0 Å². The van der Waals surface area contributed by atoms with Crippen molar-refractivity contribution in [3.63, 3.8) is 0 Å². The zero-order valence-corrected chi connectivity index (χ0v) is 12.8. The molecular weight excluding hydrogens is 262 g/mol. The van der Waals surface area contributed by atoms with Crippen molar-refractivity contribution in [1.82, 2.24) is 4.72 Å². The van der Waals surface area contributed by atoms with Crippen molar-refractivity contribution in [2.75, 3.05) is 6.54 Å². The fraction of sp³-hybridized carbons (Fsp3) is 0.571. The fourth-order valence-electron chi connectivity index (χ4n) is 1.76. The first-order chi connectivity index (χ1) is 8.67. The van der Waals surface area contributed by atoms with E-state index in [0.29, 0.717) is 17.7 Å². The third-order valence-electron chi connectivity index (χ3n) is 3.02. The molecule has 0 bridgehead atoms. The second-order valence-corrected chi connectivity index (χ2v) is 7.64. The molecule has 1 aromatic rings. The Morgan fingerprint density at radius 1 is 1.26 bits per heavy atom. The van der Waals surface area contributed by atoms with E-state index in [1.165, 1.54) is 0 Å². The smallest absolute Gasteiger partial charge is 0.240 e. The molecule has 108 valence electrons. The Bertz CT molecular complexity index is 530. The van der Waals surface area contributed by atoms with E-state index in [0.717, 1.165) is 6.42 Å². The molecule has 2 N–H and O–H groups in total. The highest BCUT2D eigenvalue weighted by atomic mass is 32.2. The molecule has 0 amide bonds. The molecule has 0 aliphatic carbocycles. The lowest BCUT2D eigenvalue weighted by molar-refractivity contribution is 0.280. The van der Waals surface area contributed by atoms with Crippen molar-refractivity contribution in [1.29, 1.82) is 0 Å². The van der Waals surface area contributed by atoms with Gasteiger partial charge in [-0.15, -0.1) is 0 Å². The fourth-order valence-corrected chi connectivity index (χ4v) is 3.08. The summed E-state index contributed by atoms with van der Waals surface area (Å²) in [5, 5.41) is 9.18. The van der Waals surface area contributed by atoms with Crippen molar-refractivity contribution in [3.05, 3.63) is 29.3 Å². The molecule has 0 aromatic heterocycles. The molecule has 0 radical (unpaired) electrons. The highest BCUT2D eigenvalue weighted by molar-refractivity contribution is 7.89. The Morgan fingerprint density at radius 2 is 1.89 bits per heavy atom. The van der Waals surface area contributed by atoms with Crippen LogP contribution in [0.4, 0.5) is 0 Å². The van der Waals surface area contributed by atoms with Crippen LogP contribution < -0.4 is 4.72 Å². The first-order valence-electron chi connectivity index (χ1n) is 6.36. The molecule has 0 atom stereocenters. The van der Waals surface area contributed by atoms with Crippen LogP contribution in [-0.2, 0) is 16.6 Å². The average Bonchev–Trinajstić information content (AvgIpc) is 2.27. The average molecular weight is 285 g/mol. The quantitative estimate of drug-likeness (QED) is 0.871. The summed E-state index contributed by atoms with van der Waals surface area (Å²) in [4.78, 5) is 0.243. The minimum atomic E-state index is -3.51. The van der Waals surface area contributed by atoms with E-state index in [-0.39, 0.29) is 16.9 Å². The Morgan fingerprint density at radius 3 is 2.42 bits per heavy atom. The molecule has 0 spiro atoms. The first-order valence-corrected chi connectivity index (χ1v) is 7.85. The highest BCUT2D eigenvalue weighted by Crippen LogP contribution is 2.20. The summed E-state index contributed by atoms with van der Waals surface area (Å²) in [7, 11) is -3.51. The van der Waals surface area contributed by atoms with Crippen LogP contribution >= 0.6 is 0 Å². The van der Waals surface area contributed by atoms with Crippen LogP contribution in [0.3, 0.4) is 0 Å². The first kappa shape index (κ1) is 16.1. The normalized spacial score (nSPS) is 12.7. The monoisotopic (exact) mass is 285 g/mol. The van der Waals surface area contributed by atoms with E-state index >= 15 is 0 Å². The topological polar surface area (TPSA) is 66.4 Å². The van der Waals surface area contributed by atoms with Gasteiger partial charge in [0.05, 0.1) is 11.5 Å². The zero-order valence-electron chi connectivity index (χ0n) is 12.0. The minimum Gasteiger partial charge on any atom is -0.392 e. The van der Waals surface area contributed by atoms with Crippen LogP contribution in [0.25, 0.3) is 0 Å². The van der Waals surface area contributed by atoms with Gasteiger partial charge in [-0.1, -0.05) is 32.9 Å². The molecule has 0 saturated heterocycles. The zero-order chi connectivity index (χ0) is 14.7. The van der Waals surface area contributed by atoms with Crippen LogP contribution in [0.5, 0.6) is 0 Å². The van der Waals surface area contributed by atoms with Gasteiger partial charge in [-0.2, -0.15) is 0 Å². The van der Waals surface area contributed by atoms with Gasteiger partial charge in [-0.25, -0.2) is 13.1 Å². The van der Waals surface area contributed by atoms with Gasteiger partial charge in [0.2, 0.25) is 10.0 Å². The van der Waals surface area contributed by atoms with Gasteiger partial charge in [-0.05, 0) is 36.0 Å². The Balaban J connectivity index is 2.89. The van der Waals surface area contributed by atoms with Crippen LogP contribution in [-0.4, -0.2) is 20.1 Å². The van der Waals surface area contributed by atoms with Crippen molar-refractivity contribution < 1.29 is 13.5 Å². The van der Waals surface area contributed by atoms with E-state index in [4.69, 9.17) is 0 Å². The SMILES string of the molecule is Cc1c(CO)cccc1S(=O)(=O)NCCC(C)(C)C. The molecule has 0 aliphatic rings. The predicted molar refractivity (Wildman–Crippen MR) is 76.4 cm³/mol. The summed E-state index contributed by atoms with van der Waals surface area (Å²) >= 11 is 0. The van der Waals surface area contributed by atoms with E-state index in [2.05, 4.69) is 25.5 Å². The maximum atomic E-state index is 12.2. The Kier molecular flexibility index (Phi) is 5.12. The predicted octanol–water partition coefficient (Wildman–Crippen LogP) is 2.20. The summed E-state index contributed by atoms with van der Waals surface area (Å²) in [6.07, 6.45) is 0.769. The number of rotatable bonds is 5. The molecular formula is C14H23NO3S. The van der Waals surface area contributed by atoms with Gasteiger partial charge >= 0.3 is 0 Å². The second-order valence-electron chi connectivity index (χ2n) is 5.91. The minimum absolute atomic E-state index is 0.0878. The number of hydrogen-bond acceptors (Lipinski definition) is 3. The molecule has 0 aliphatic heterocycles. The van der Waals surface area contributed by atoms with Gasteiger partial charge in [0.1, 0.15) is 0 Å². The van der Waals surface area contributed by atoms with Crippen molar-refractivity contribution in [2.45, 2.75) is 45.6 Å². The number of aliphatic hydroxyl groups is 1. The van der Waals surface area contributed by atoms with E-state index in [9.17, 15) is 13.5 Å². The molecule has 0 fully saturated rings. The van der Waals surface area contributed by atoms with Crippen LogP contribution in [0.1, 0.15) is 38.3 Å². The molecule has 0 saturated carbocycles. The van der Waals surface area contributed by atoms with Crippen molar-refractivity contribution in [2.24, 2.45) is 5.41 Å². The maximum absolute atomic E-state index is 12.2. The van der Waals surface area contributed by atoms with Crippen LogP contribution in [0.2, 0.25) is 0 Å². The molecule has 19 heavy (non-hydrogen) atoms. The Labute approximate surface area is 115 Å². The molecule has 0 heterocycles. The molecule has 4 nitrogen and oxygen atoms in total. The van der Waals surface area contributed by atoms with Gasteiger partial charge in [0.25, 0.3) is 0 Å². The number of aliphatic hydroxyl groups excluding tert-OH is 1. The van der Waals surface area contributed by atoms with Gasteiger partial charge in [-0.3, -0.25) is 0 Å². The number of hydrogen-bond donors (Lipinski definition) is 2. The third-order valence-corrected chi connectivity index (χ3v) is 4.63. The van der Waals surface area contributed by atoms with Crippen LogP contribution in [0, 0.1) is 12.3 Å². The standard InChI is InChI=1S/C14H23NO3S/c1-11-12(10-16)6-5-7-13(11)19(17,18)15-9-8-14(2,3)4/h5-7,15-16H,8-10H2,1-4H3. The molecule has 1 aromatic carbocycles. The molecule has 0 unspecified atom stereocenters. The lowest BCUT2D eigenvalue weighted by Gasteiger charge is -2.18. The largest absolute Gasteiger partial charge is 0.392 e. The number of sulfonamides is 1. The van der Waals surface area contributed by atoms with Crippen molar-refractivity contribution >= 4 is 10.0 Å². The van der Waals surface area contributed by atoms with Gasteiger partial charge in [0.15, 0.2) is 0 Å². The second kappa shape index (κ2) is 6.03. The summed E-state index contributed by atoms with van der Waals surface area (Å²) in [5.74, 6) is 0. The van der Waals surface area contributed by atoms with E-state index in [1.54, 1.807) is 25.1 Å². The maximum Gasteiger partial charge on any atom is 0.240 e. The van der Waals surface area contributed by atoms with Gasteiger partial charge in [0, 0.05) is 6.54 Å². The van der Waals surface area contributed by atoms with E-state index < -0.39 is 10.0 Å². The lowest BCUT2D eigenvalue weighted by atomic mass is 9.93. The van der Waals surface area contributed by atoms with Crippen LogP contribution in [0.15, 0.2) is 23.1 Å². The number of nitrogens with one attached hydrogen (secondary N) is 1. The van der Waals surface area contributed by atoms with E-state index in [1.807, 2.05) is 0 Å². The third kappa shape index (κ3) is 4.60. The summed E-state index contributed by atoms with van der Waals surface area (Å²) < 4.78 is 27.0. The summed E-state index contributed by atoms with van der Waals surface area (Å²) in [6.45, 7) is 8.17. The highest BCUT2D eigenvalue weighted by Gasteiger charge is 2.19. The number of benzene rings is 1. The summed E-state index contributed by atoms with van der Waals surface area (Å²) in [5.41, 5.74) is 1.33.